The maximum Gasteiger partial charge on any atom is 0.0495 e. The van der Waals surface area contributed by atoms with Gasteiger partial charge in [0.1, 0.15) is 0 Å². The van der Waals surface area contributed by atoms with Gasteiger partial charge in [-0.15, -0.1) is 0 Å². The summed E-state index contributed by atoms with van der Waals surface area (Å²) in [5, 5.41) is 3.18. The van der Waals surface area contributed by atoms with Crippen LogP contribution in [-0.4, -0.2) is 0 Å². The van der Waals surface area contributed by atoms with Gasteiger partial charge in [0.15, 0.2) is 0 Å². The highest BCUT2D eigenvalue weighted by atomic mass is 79.9. The number of fused-ring (bicyclic) bond motifs is 1. The van der Waals surface area contributed by atoms with Crippen molar-refractivity contribution in [2.24, 2.45) is 0 Å². The van der Waals surface area contributed by atoms with Gasteiger partial charge in [0.05, 0.1) is 0 Å². The molecule has 0 saturated heterocycles. The molecule has 116 valence electrons. The normalized spacial score (nSPS) is 10.9. The molecule has 0 unspecified atom stereocenters. The van der Waals surface area contributed by atoms with E-state index in [1.165, 1.54) is 21.9 Å². The van der Waals surface area contributed by atoms with Crippen molar-refractivity contribution in [3.05, 3.63) is 94.4 Å². The smallest absolute Gasteiger partial charge is 0.0495 e. The summed E-state index contributed by atoms with van der Waals surface area (Å²) in [5.74, 6) is 0. The molecule has 0 spiro atoms. The van der Waals surface area contributed by atoms with Crippen molar-refractivity contribution in [2.45, 2.75) is 0 Å². The van der Waals surface area contributed by atoms with Crippen LogP contribution >= 0.6 is 27.5 Å². The Morgan fingerprint density at radius 1 is 0.583 bits per heavy atom. The molecule has 4 rings (SSSR count). The molecule has 0 N–H and O–H groups in total. The average Bonchev–Trinajstić information content (AvgIpc) is 2.62. The molecule has 0 radical (unpaired) electrons. The van der Waals surface area contributed by atoms with Gasteiger partial charge >= 0.3 is 0 Å². The SMILES string of the molecule is Clc1cccc(Br)c1-c1ccc(-c2ccccc2)c2ccccc12. The fourth-order valence-electron chi connectivity index (χ4n) is 3.14. The molecule has 0 aliphatic rings. The largest absolute Gasteiger partial charge is 0.0836 e. The topological polar surface area (TPSA) is 0 Å². The Morgan fingerprint density at radius 2 is 1.21 bits per heavy atom. The second-order valence-corrected chi connectivity index (χ2v) is 6.93. The maximum absolute atomic E-state index is 6.49. The van der Waals surface area contributed by atoms with Crippen LogP contribution in [0.2, 0.25) is 5.02 Å². The Kier molecular flexibility index (Phi) is 4.13. The Balaban J connectivity index is 2.04. The molecular formula is C22H14BrCl. The van der Waals surface area contributed by atoms with E-state index in [9.17, 15) is 0 Å². The van der Waals surface area contributed by atoms with Gasteiger partial charge < -0.3 is 0 Å². The zero-order valence-corrected chi connectivity index (χ0v) is 15.2. The molecule has 0 aliphatic heterocycles. The number of rotatable bonds is 2. The van der Waals surface area contributed by atoms with E-state index in [1.807, 2.05) is 24.3 Å². The zero-order chi connectivity index (χ0) is 16.5. The number of hydrogen-bond acceptors (Lipinski definition) is 0. The van der Waals surface area contributed by atoms with E-state index in [2.05, 4.69) is 76.6 Å². The monoisotopic (exact) mass is 392 g/mol. The third-order valence-corrected chi connectivity index (χ3v) is 5.22. The number of benzene rings is 4. The molecule has 0 aliphatic carbocycles. The van der Waals surface area contributed by atoms with Gasteiger partial charge in [0.2, 0.25) is 0 Å². The molecule has 2 heteroatoms. The third-order valence-electron chi connectivity index (χ3n) is 4.24. The quantitative estimate of drug-likeness (QED) is 0.329. The first kappa shape index (κ1) is 15.4. The lowest BCUT2D eigenvalue weighted by molar-refractivity contribution is 1.60. The van der Waals surface area contributed by atoms with Crippen LogP contribution in [0.1, 0.15) is 0 Å². The Hall–Kier alpha value is -2.09. The van der Waals surface area contributed by atoms with Gasteiger partial charge in [0.25, 0.3) is 0 Å². The summed E-state index contributed by atoms with van der Waals surface area (Å²) in [6.45, 7) is 0. The summed E-state index contributed by atoms with van der Waals surface area (Å²) in [6.07, 6.45) is 0. The first-order valence-corrected chi connectivity index (χ1v) is 8.94. The lowest BCUT2D eigenvalue weighted by atomic mass is 9.92. The van der Waals surface area contributed by atoms with Gasteiger partial charge in [-0.1, -0.05) is 100 Å². The van der Waals surface area contributed by atoms with Gasteiger partial charge in [-0.05, 0) is 39.6 Å². The Morgan fingerprint density at radius 3 is 1.92 bits per heavy atom. The van der Waals surface area contributed by atoms with E-state index in [1.54, 1.807) is 0 Å². The summed E-state index contributed by atoms with van der Waals surface area (Å²) in [6, 6.07) is 29.2. The summed E-state index contributed by atoms with van der Waals surface area (Å²) in [7, 11) is 0. The van der Waals surface area contributed by atoms with Crippen molar-refractivity contribution in [2.75, 3.05) is 0 Å². The van der Waals surface area contributed by atoms with Crippen molar-refractivity contribution in [1.29, 1.82) is 0 Å². The summed E-state index contributed by atoms with van der Waals surface area (Å²) in [5.41, 5.74) is 4.63. The first-order chi connectivity index (χ1) is 11.8. The molecule has 0 nitrogen and oxygen atoms in total. The molecule has 4 aromatic carbocycles. The van der Waals surface area contributed by atoms with Crippen LogP contribution in [0.25, 0.3) is 33.0 Å². The highest BCUT2D eigenvalue weighted by Crippen LogP contribution is 2.41. The summed E-state index contributed by atoms with van der Waals surface area (Å²) < 4.78 is 1.01. The predicted molar refractivity (Wildman–Crippen MR) is 108 cm³/mol. The molecule has 4 aromatic rings. The zero-order valence-electron chi connectivity index (χ0n) is 12.8. The second kappa shape index (κ2) is 6.43. The van der Waals surface area contributed by atoms with E-state index >= 15 is 0 Å². The number of halogens is 2. The van der Waals surface area contributed by atoms with Crippen molar-refractivity contribution in [1.82, 2.24) is 0 Å². The van der Waals surface area contributed by atoms with Gasteiger partial charge in [-0.25, -0.2) is 0 Å². The Labute approximate surface area is 154 Å². The van der Waals surface area contributed by atoms with Crippen LogP contribution in [-0.2, 0) is 0 Å². The van der Waals surface area contributed by atoms with Crippen LogP contribution in [0, 0.1) is 0 Å². The molecule has 0 amide bonds. The molecule has 24 heavy (non-hydrogen) atoms. The van der Waals surface area contributed by atoms with Crippen molar-refractivity contribution in [3.8, 4) is 22.3 Å². The minimum absolute atomic E-state index is 0.752. The van der Waals surface area contributed by atoms with E-state index < -0.39 is 0 Å². The Bertz CT molecular complexity index is 1000. The minimum atomic E-state index is 0.752. The lowest BCUT2D eigenvalue weighted by Gasteiger charge is -2.14. The molecule has 0 fully saturated rings. The predicted octanol–water partition coefficient (Wildman–Crippen LogP) is 7.59. The fraction of sp³-hybridized carbons (Fsp3) is 0. The van der Waals surface area contributed by atoms with E-state index in [4.69, 9.17) is 11.6 Å². The third kappa shape index (κ3) is 2.64. The van der Waals surface area contributed by atoms with Crippen molar-refractivity contribution < 1.29 is 0 Å². The fourth-order valence-corrected chi connectivity index (χ4v) is 4.11. The van der Waals surface area contributed by atoms with Gasteiger partial charge in [-0.2, -0.15) is 0 Å². The molecule has 0 atom stereocenters. The average molecular weight is 394 g/mol. The summed E-state index contributed by atoms with van der Waals surface area (Å²) in [4.78, 5) is 0. The molecule has 0 aromatic heterocycles. The van der Waals surface area contributed by atoms with Crippen LogP contribution in [0.3, 0.4) is 0 Å². The van der Waals surface area contributed by atoms with Crippen molar-refractivity contribution >= 4 is 38.3 Å². The standard InChI is InChI=1S/C22H14BrCl/c23-20-11-6-12-21(24)22(20)19-14-13-16(15-7-2-1-3-8-15)17-9-4-5-10-18(17)19/h1-14H. The number of hydrogen-bond donors (Lipinski definition) is 0. The van der Waals surface area contributed by atoms with Gasteiger partial charge in [-0.3, -0.25) is 0 Å². The van der Waals surface area contributed by atoms with Crippen LogP contribution in [0.5, 0.6) is 0 Å². The molecule has 0 bridgehead atoms. The van der Waals surface area contributed by atoms with E-state index in [0.29, 0.717) is 0 Å². The minimum Gasteiger partial charge on any atom is -0.0836 e. The van der Waals surface area contributed by atoms with Crippen LogP contribution < -0.4 is 0 Å². The van der Waals surface area contributed by atoms with Crippen LogP contribution in [0.4, 0.5) is 0 Å². The van der Waals surface area contributed by atoms with Gasteiger partial charge in [0, 0.05) is 15.1 Å². The highest BCUT2D eigenvalue weighted by Gasteiger charge is 2.13. The van der Waals surface area contributed by atoms with Crippen molar-refractivity contribution in [3.63, 3.8) is 0 Å². The highest BCUT2D eigenvalue weighted by molar-refractivity contribution is 9.10. The second-order valence-electron chi connectivity index (χ2n) is 5.67. The van der Waals surface area contributed by atoms with Crippen LogP contribution in [0.15, 0.2) is 89.4 Å². The van der Waals surface area contributed by atoms with E-state index in [-0.39, 0.29) is 0 Å². The lowest BCUT2D eigenvalue weighted by Crippen LogP contribution is -1.87. The maximum atomic E-state index is 6.49. The first-order valence-electron chi connectivity index (χ1n) is 7.77. The molecular weight excluding hydrogens is 380 g/mol. The summed E-state index contributed by atoms with van der Waals surface area (Å²) >= 11 is 10.1. The molecule has 0 saturated carbocycles. The van der Waals surface area contributed by atoms with E-state index in [0.717, 1.165) is 20.6 Å². The molecule has 0 heterocycles.